The molecule has 1 heterocycles. The van der Waals surface area contributed by atoms with E-state index in [2.05, 4.69) is 198 Å². The molecule has 8 aromatic carbocycles. The third-order valence-electron chi connectivity index (χ3n) is 13.5. The van der Waals surface area contributed by atoms with E-state index in [4.69, 9.17) is 0 Å². The van der Waals surface area contributed by atoms with Crippen LogP contribution in [-0.2, 0) is 5.41 Å². The topological polar surface area (TPSA) is 8.17 Å². The molecule has 0 N–H and O–H groups in total. The van der Waals surface area contributed by atoms with Crippen LogP contribution in [0.15, 0.2) is 188 Å². The maximum atomic E-state index is 3.55. The van der Waals surface area contributed by atoms with Crippen molar-refractivity contribution in [2.45, 2.75) is 43.9 Å². The van der Waals surface area contributed by atoms with E-state index in [-0.39, 0.29) is 5.41 Å². The zero-order valence-electron chi connectivity index (χ0n) is 33.0. The highest BCUT2D eigenvalue weighted by molar-refractivity contribution is 6.10. The van der Waals surface area contributed by atoms with Crippen molar-refractivity contribution >= 4 is 49.5 Å². The normalized spacial score (nSPS) is 15.3. The second kappa shape index (κ2) is 13.5. The van der Waals surface area contributed by atoms with Gasteiger partial charge in [0.15, 0.2) is 0 Å². The maximum Gasteiger partial charge on any atom is 0.0547 e. The molecule has 0 saturated heterocycles. The van der Waals surface area contributed by atoms with E-state index in [1.807, 2.05) is 6.07 Å². The number of fused-ring (bicyclic) bond motifs is 9. The molecule has 9 aromatic rings. The second-order valence-electron chi connectivity index (χ2n) is 16.6. The van der Waals surface area contributed by atoms with Gasteiger partial charge in [-0.3, -0.25) is 0 Å². The Labute approximate surface area is 346 Å². The van der Waals surface area contributed by atoms with Crippen molar-refractivity contribution in [3.8, 4) is 27.9 Å². The molecule has 1 aromatic heterocycles. The van der Waals surface area contributed by atoms with Gasteiger partial charge in [-0.05, 0) is 124 Å². The molecule has 0 unspecified atom stereocenters. The van der Waals surface area contributed by atoms with Gasteiger partial charge in [0.05, 0.1) is 16.7 Å². The van der Waals surface area contributed by atoms with E-state index in [1.165, 1.54) is 114 Å². The first-order valence-electron chi connectivity index (χ1n) is 21.2. The highest BCUT2D eigenvalue weighted by Crippen LogP contribution is 2.58. The molecule has 3 aliphatic rings. The summed E-state index contributed by atoms with van der Waals surface area (Å²) < 4.78 is 2.42. The summed E-state index contributed by atoms with van der Waals surface area (Å²) in [7, 11) is 0. The van der Waals surface area contributed by atoms with Crippen LogP contribution in [-0.4, -0.2) is 4.57 Å². The Bertz CT molecular complexity index is 3170. The van der Waals surface area contributed by atoms with Crippen molar-refractivity contribution in [2.24, 2.45) is 0 Å². The number of allylic oxidation sites excluding steroid dienone is 4. The van der Waals surface area contributed by atoms with E-state index in [0.717, 1.165) is 24.0 Å². The summed E-state index contributed by atoms with van der Waals surface area (Å²) in [6.45, 7) is 0. The van der Waals surface area contributed by atoms with E-state index in [0.29, 0.717) is 0 Å². The van der Waals surface area contributed by atoms with Crippen LogP contribution in [0.5, 0.6) is 0 Å². The highest BCUT2D eigenvalue weighted by Gasteiger charge is 2.45. The number of rotatable bonds is 6. The fraction of sp³-hybridized carbons (Fsp3) is 0.123. The zero-order chi connectivity index (χ0) is 38.9. The Kier molecular flexibility index (Phi) is 7.79. The molecule has 0 bridgehead atoms. The second-order valence-corrected chi connectivity index (χ2v) is 16.6. The fourth-order valence-corrected chi connectivity index (χ4v) is 10.8. The summed E-state index contributed by atoms with van der Waals surface area (Å²) in [5, 5.41) is 4.93. The van der Waals surface area contributed by atoms with Crippen LogP contribution in [0.25, 0.3) is 66.1 Å². The van der Waals surface area contributed by atoms with Crippen LogP contribution < -0.4 is 4.90 Å². The fourth-order valence-electron chi connectivity index (χ4n) is 10.8. The van der Waals surface area contributed by atoms with Crippen LogP contribution in [0.1, 0.15) is 55.2 Å². The van der Waals surface area contributed by atoms with Crippen molar-refractivity contribution in [1.29, 1.82) is 0 Å². The monoisotopic (exact) mass is 754 g/mol. The lowest BCUT2D eigenvalue weighted by molar-refractivity contribution is 0.550. The molecule has 1 saturated carbocycles. The molecule has 12 rings (SSSR count). The average molecular weight is 755 g/mol. The van der Waals surface area contributed by atoms with Gasteiger partial charge in [-0.15, -0.1) is 0 Å². The summed E-state index contributed by atoms with van der Waals surface area (Å²) in [5.74, 6) is 0. The minimum absolute atomic E-state index is 0.0837. The molecule has 1 spiro atoms. The highest BCUT2D eigenvalue weighted by atomic mass is 15.2. The van der Waals surface area contributed by atoms with E-state index in [1.54, 1.807) is 0 Å². The van der Waals surface area contributed by atoms with Crippen molar-refractivity contribution in [1.82, 2.24) is 4.57 Å². The van der Waals surface area contributed by atoms with Gasteiger partial charge in [0.1, 0.15) is 0 Å². The van der Waals surface area contributed by atoms with E-state index < -0.39 is 0 Å². The molecule has 59 heavy (non-hydrogen) atoms. The third-order valence-corrected chi connectivity index (χ3v) is 13.5. The number of para-hydroxylation sites is 3. The average Bonchev–Trinajstić information content (AvgIpc) is 4.01. The predicted octanol–water partition coefficient (Wildman–Crippen LogP) is 14.9. The molecule has 3 aliphatic carbocycles. The third kappa shape index (κ3) is 5.28. The summed E-state index contributed by atoms with van der Waals surface area (Å²) in [6, 6.07) is 69.6. The van der Waals surface area contributed by atoms with Gasteiger partial charge >= 0.3 is 0 Å². The van der Waals surface area contributed by atoms with Crippen LogP contribution >= 0.6 is 0 Å². The first-order chi connectivity index (χ1) is 29.2. The Morgan fingerprint density at radius 1 is 0.542 bits per heavy atom. The molecule has 0 atom stereocenters. The van der Waals surface area contributed by atoms with E-state index >= 15 is 0 Å². The summed E-state index contributed by atoms with van der Waals surface area (Å²) in [6.07, 6.45) is 11.6. The maximum absolute atomic E-state index is 3.55. The smallest absolute Gasteiger partial charge is 0.0547 e. The molecular weight excluding hydrogens is 713 g/mol. The number of nitrogens with zero attached hydrogens (tertiary/aromatic N) is 2. The first kappa shape index (κ1) is 34.0. The number of hydrogen-bond acceptors (Lipinski definition) is 1. The molecule has 2 nitrogen and oxygen atoms in total. The van der Waals surface area contributed by atoms with Crippen LogP contribution in [0, 0.1) is 12.1 Å². The number of aromatic nitrogens is 1. The van der Waals surface area contributed by atoms with Crippen molar-refractivity contribution < 1.29 is 0 Å². The lowest BCUT2D eigenvalue weighted by Gasteiger charge is -2.33. The van der Waals surface area contributed by atoms with Gasteiger partial charge in [-0.1, -0.05) is 152 Å². The number of anilines is 2. The summed E-state index contributed by atoms with van der Waals surface area (Å²) in [4.78, 5) is 2.56. The molecule has 0 aliphatic heterocycles. The molecule has 2 heteroatoms. The largest absolute Gasteiger partial charge is 0.314 e. The van der Waals surface area contributed by atoms with Crippen molar-refractivity contribution in [3.63, 3.8) is 0 Å². The van der Waals surface area contributed by atoms with Crippen LogP contribution in [0.4, 0.5) is 11.4 Å². The number of hydrogen-bond donors (Lipinski definition) is 0. The molecule has 0 radical (unpaired) electrons. The number of benzene rings is 7. The Hall–Kier alpha value is -7.08. The summed E-state index contributed by atoms with van der Waals surface area (Å²) >= 11 is 0. The van der Waals surface area contributed by atoms with Gasteiger partial charge in [-0.2, -0.15) is 0 Å². The molecule has 0 amide bonds. The van der Waals surface area contributed by atoms with Gasteiger partial charge in [0, 0.05) is 44.4 Å². The SMILES string of the molecule is c1cc2ccccc2c(-c2ccccc2N(C2=CC=C(c3ccc4c5ccccc5n(-c5ccccc5)c4c3)CC2)c2ccc3c(c2)C2(CCCC2)c2ccccc2-3)c#1. The van der Waals surface area contributed by atoms with Crippen LogP contribution in [0.2, 0.25) is 0 Å². The Balaban J connectivity index is 1.02. The molecular formula is C57H42N2. The lowest BCUT2D eigenvalue weighted by Crippen LogP contribution is -2.22. The van der Waals surface area contributed by atoms with Gasteiger partial charge in [0.25, 0.3) is 0 Å². The van der Waals surface area contributed by atoms with Crippen molar-refractivity contribution in [2.75, 3.05) is 4.90 Å². The predicted molar refractivity (Wildman–Crippen MR) is 246 cm³/mol. The zero-order valence-corrected chi connectivity index (χ0v) is 33.0. The lowest BCUT2D eigenvalue weighted by atomic mass is 9.76. The van der Waals surface area contributed by atoms with E-state index in [9.17, 15) is 0 Å². The minimum atomic E-state index is 0.0837. The van der Waals surface area contributed by atoms with Crippen LogP contribution in [0.3, 0.4) is 0 Å². The summed E-state index contributed by atoms with van der Waals surface area (Å²) in [5.41, 5.74) is 18.1. The Morgan fingerprint density at radius 3 is 2.14 bits per heavy atom. The Morgan fingerprint density at radius 2 is 1.27 bits per heavy atom. The van der Waals surface area contributed by atoms with Gasteiger partial charge in [0.2, 0.25) is 0 Å². The standard InChI is InChI=1S/C57H42N2/c1-2-17-42(18-3-1)59-55-26-11-8-22-50(55)51-33-29-41(37-56(51)59)39-27-30-43(31-28-39)58(54-25-10-7-21-49(54)46-23-14-16-40-15-4-5-19-45(40)46)44-32-34-48-47-20-6-9-24-52(47)57(53(48)38-44)35-12-13-36-57/h1-11,15-22,24-27,29-30,32-34,37-38H,12-13,28,31,35-36H2. The minimum Gasteiger partial charge on any atom is -0.314 e. The van der Waals surface area contributed by atoms with Crippen molar-refractivity contribution in [3.05, 3.63) is 217 Å². The van der Waals surface area contributed by atoms with Gasteiger partial charge < -0.3 is 9.47 Å². The van der Waals surface area contributed by atoms with Gasteiger partial charge in [-0.25, -0.2) is 0 Å². The molecule has 1 fully saturated rings. The first-order valence-corrected chi connectivity index (χ1v) is 21.2. The quantitative estimate of drug-likeness (QED) is 0.164. The molecule has 280 valence electrons.